The van der Waals surface area contributed by atoms with Crippen LogP contribution in [0.5, 0.6) is 0 Å². The highest BCUT2D eigenvalue weighted by molar-refractivity contribution is 6.17. The summed E-state index contributed by atoms with van der Waals surface area (Å²) < 4.78 is 0. The molecule has 3 heteroatoms. The molecular weight excluding hydrogens is 210 g/mol. The molecule has 1 aromatic carbocycles. The van der Waals surface area contributed by atoms with Crippen LogP contribution in [0.4, 0.5) is 0 Å². The number of fused-ring (bicyclic) bond motifs is 1. The second kappa shape index (κ2) is 3.70. The molecule has 0 unspecified atom stereocenters. The summed E-state index contributed by atoms with van der Waals surface area (Å²) >= 11 is 5.72. The lowest BCUT2D eigenvalue weighted by atomic mass is 10.0. The number of halogens is 1. The van der Waals surface area contributed by atoms with Gasteiger partial charge < -0.3 is 4.98 Å². The van der Waals surface area contributed by atoms with E-state index in [1.807, 2.05) is 26.0 Å². The zero-order chi connectivity index (χ0) is 11.0. The molecule has 0 saturated heterocycles. The lowest BCUT2D eigenvalue weighted by Gasteiger charge is -2.06. The number of aryl methyl sites for hydroxylation is 2. The largest absolute Gasteiger partial charge is 0.357 e. The molecule has 0 saturated carbocycles. The summed E-state index contributed by atoms with van der Waals surface area (Å²) in [5, 5.41) is 0.729. The van der Waals surface area contributed by atoms with Crippen LogP contribution in [0.15, 0.2) is 23.0 Å². The molecule has 0 bridgehead atoms. The van der Waals surface area contributed by atoms with Crippen LogP contribution in [-0.2, 0) is 5.88 Å². The van der Waals surface area contributed by atoms with Crippen molar-refractivity contribution in [1.29, 1.82) is 0 Å². The minimum atomic E-state index is 0.0301. The monoisotopic (exact) mass is 221 g/mol. The SMILES string of the molecule is Cc1ccc2c(=O)cc(CCl)[nH]c2c1C. The summed E-state index contributed by atoms with van der Waals surface area (Å²) in [6.45, 7) is 4.03. The molecule has 0 spiro atoms. The quantitative estimate of drug-likeness (QED) is 0.738. The van der Waals surface area contributed by atoms with Gasteiger partial charge in [-0.15, -0.1) is 11.6 Å². The Kier molecular flexibility index (Phi) is 2.53. The van der Waals surface area contributed by atoms with Crippen molar-refractivity contribution >= 4 is 22.5 Å². The molecule has 2 aromatic rings. The molecule has 2 rings (SSSR count). The van der Waals surface area contributed by atoms with E-state index in [9.17, 15) is 4.79 Å². The van der Waals surface area contributed by atoms with Crippen LogP contribution in [0.25, 0.3) is 10.9 Å². The molecule has 78 valence electrons. The molecule has 0 atom stereocenters. The maximum atomic E-state index is 11.7. The fourth-order valence-electron chi connectivity index (χ4n) is 1.69. The van der Waals surface area contributed by atoms with Crippen LogP contribution >= 0.6 is 11.6 Å². The first-order valence-corrected chi connectivity index (χ1v) is 5.35. The molecule has 1 N–H and O–H groups in total. The normalized spacial score (nSPS) is 10.9. The topological polar surface area (TPSA) is 32.9 Å². The summed E-state index contributed by atoms with van der Waals surface area (Å²) in [6.07, 6.45) is 0. The predicted octanol–water partition coefficient (Wildman–Crippen LogP) is 2.88. The summed E-state index contributed by atoms with van der Waals surface area (Å²) in [4.78, 5) is 14.9. The minimum Gasteiger partial charge on any atom is -0.357 e. The van der Waals surface area contributed by atoms with E-state index in [4.69, 9.17) is 11.6 Å². The van der Waals surface area contributed by atoms with Crippen molar-refractivity contribution in [3.05, 3.63) is 45.2 Å². The van der Waals surface area contributed by atoms with Gasteiger partial charge in [-0.3, -0.25) is 4.79 Å². The van der Waals surface area contributed by atoms with Gasteiger partial charge in [-0.25, -0.2) is 0 Å². The average molecular weight is 222 g/mol. The van der Waals surface area contributed by atoms with Crippen LogP contribution in [0, 0.1) is 13.8 Å². The summed E-state index contributed by atoms with van der Waals surface area (Å²) in [7, 11) is 0. The average Bonchev–Trinajstić information content (AvgIpc) is 2.23. The first-order valence-electron chi connectivity index (χ1n) is 4.81. The molecule has 2 nitrogen and oxygen atoms in total. The summed E-state index contributed by atoms with van der Waals surface area (Å²) in [6, 6.07) is 5.38. The van der Waals surface area contributed by atoms with Crippen LogP contribution in [0.1, 0.15) is 16.8 Å². The number of pyridine rings is 1. The highest BCUT2D eigenvalue weighted by Gasteiger charge is 2.05. The van der Waals surface area contributed by atoms with Gasteiger partial charge in [0.25, 0.3) is 0 Å². The molecule has 15 heavy (non-hydrogen) atoms. The Hall–Kier alpha value is -1.28. The van der Waals surface area contributed by atoms with E-state index in [1.165, 1.54) is 5.56 Å². The molecule has 0 aliphatic heterocycles. The molecule has 0 amide bonds. The third-order valence-corrected chi connectivity index (χ3v) is 3.02. The Morgan fingerprint density at radius 3 is 2.73 bits per heavy atom. The number of rotatable bonds is 1. The number of aromatic amines is 1. The van der Waals surface area contributed by atoms with Gasteiger partial charge >= 0.3 is 0 Å². The standard InChI is InChI=1S/C12H12ClNO/c1-7-3-4-10-11(15)5-9(6-13)14-12(10)8(7)2/h3-5H,6H2,1-2H3,(H,14,15). The molecule has 0 radical (unpaired) electrons. The Morgan fingerprint density at radius 2 is 2.07 bits per heavy atom. The van der Waals surface area contributed by atoms with Crippen LogP contribution in [0.2, 0.25) is 0 Å². The lowest BCUT2D eigenvalue weighted by Crippen LogP contribution is -2.05. The van der Waals surface area contributed by atoms with E-state index in [0.717, 1.165) is 22.2 Å². The first kappa shape index (κ1) is 10.2. The molecule has 0 aliphatic carbocycles. The van der Waals surface area contributed by atoms with Crippen LogP contribution in [-0.4, -0.2) is 4.98 Å². The van der Waals surface area contributed by atoms with Gasteiger partial charge in [0.15, 0.2) is 5.43 Å². The molecular formula is C12H12ClNO. The van der Waals surface area contributed by atoms with E-state index in [0.29, 0.717) is 5.88 Å². The van der Waals surface area contributed by atoms with Gasteiger partial charge in [-0.1, -0.05) is 6.07 Å². The van der Waals surface area contributed by atoms with Gasteiger partial charge in [0, 0.05) is 17.1 Å². The van der Waals surface area contributed by atoms with Crippen molar-refractivity contribution in [3.63, 3.8) is 0 Å². The number of benzene rings is 1. The Bertz CT molecular complexity index is 572. The Labute approximate surface area is 92.9 Å². The maximum Gasteiger partial charge on any atom is 0.189 e. The van der Waals surface area contributed by atoms with E-state index < -0.39 is 0 Å². The third-order valence-electron chi connectivity index (χ3n) is 2.74. The zero-order valence-electron chi connectivity index (χ0n) is 8.73. The number of nitrogens with one attached hydrogen (secondary N) is 1. The number of hydrogen-bond acceptors (Lipinski definition) is 1. The van der Waals surface area contributed by atoms with Crippen molar-refractivity contribution in [2.45, 2.75) is 19.7 Å². The summed E-state index contributed by atoms with van der Waals surface area (Å²) in [5.41, 5.74) is 3.98. The molecule has 0 aliphatic rings. The minimum absolute atomic E-state index is 0.0301. The maximum absolute atomic E-state index is 11.7. The first-order chi connectivity index (χ1) is 7.13. The Morgan fingerprint density at radius 1 is 1.33 bits per heavy atom. The van der Waals surface area contributed by atoms with Crippen LogP contribution in [0.3, 0.4) is 0 Å². The Balaban J connectivity index is 2.93. The fraction of sp³-hybridized carbons (Fsp3) is 0.250. The van der Waals surface area contributed by atoms with Gasteiger partial charge in [-0.05, 0) is 31.0 Å². The van der Waals surface area contributed by atoms with Crippen molar-refractivity contribution in [2.75, 3.05) is 0 Å². The van der Waals surface area contributed by atoms with Gasteiger partial charge in [0.05, 0.1) is 11.4 Å². The van der Waals surface area contributed by atoms with E-state index in [-0.39, 0.29) is 5.43 Å². The third kappa shape index (κ3) is 1.65. The van der Waals surface area contributed by atoms with Crippen molar-refractivity contribution < 1.29 is 0 Å². The predicted molar refractivity (Wildman–Crippen MR) is 63.6 cm³/mol. The van der Waals surface area contributed by atoms with E-state index in [2.05, 4.69) is 4.98 Å². The second-order valence-corrected chi connectivity index (χ2v) is 3.99. The molecule has 1 aromatic heterocycles. The molecule has 0 fully saturated rings. The second-order valence-electron chi connectivity index (χ2n) is 3.72. The van der Waals surface area contributed by atoms with Crippen LogP contribution < -0.4 is 5.43 Å². The smallest absolute Gasteiger partial charge is 0.189 e. The van der Waals surface area contributed by atoms with Gasteiger partial charge in [0.2, 0.25) is 0 Å². The van der Waals surface area contributed by atoms with Crippen molar-refractivity contribution in [2.24, 2.45) is 0 Å². The summed E-state index contributed by atoms with van der Waals surface area (Å²) in [5.74, 6) is 0.332. The van der Waals surface area contributed by atoms with E-state index >= 15 is 0 Å². The van der Waals surface area contributed by atoms with Crippen molar-refractivity contribution in [1.82, 2.24) is 4.98 Å². The van der Waals surface area contributed by atoms with Gasteiger partial charge in [0.1, 0.15) is 0 Å². The highest BCUT2D eigenvalue weighted by atomic mass is 35.5. The number of hydrogen-bond donors (Lipinski definition) is 1. The van der Waals surface area contributed by atoms with Gasteiger partial charge in [-0.2, -0.15) is 0 Å². The number of aromatic nitrogens is 1. The van der Waals surface area contributed by atoms with E-state index in [1.54, 1.807) is 6.07 Å². The van der Waals surface area contributed by atoms with Crippen molar-refractivity contribution in [3.8, 4) is 0 Å². The fourth-order valence-corrected chi connectivity index (χ4v) is 1.83. The molecule has 1 heterocycles. The number of alkyl halides is 1. The number of H-pyrrole nitrogens is 1. The zero-order valence-corrected chi connectivity index (χ0v) is 9.48. The lowest BCUT2D eigenvalue weighted by molar-refractivity contribution is 1.19. The highest BCUT2D eigenvalue weighted by Crippen LogP contribution is 2.17.